The number of aliphatic hydroxyl groups is 1. The zero-order valence-electron chi connectivity index (χ0n) is 12.2. The number of nitrogen functional groups attached to an aromatic ring is 1. The van der Waals surface area contributed by atoms with Gasteiger partial charge < -0.3 is 20.3 Å². The van der Waals surface area contributed by atoms with Crippen LogP contribution in [0.5, 0.6) is 5.88 Å². The molecule has 1 unspecified atom stereocenters. The number of hydrogen-bond acceptors (Lipinski definition) is 5. The van der Waals surface area contributed by atoms with E-state index in [-0.39, 0.29) is 29.3 Å². The van der Waals surface area contributed by atoms with Crippen LogP contribution < -0.4 is 10.5 Å². The summed E-state index contributed by atoms with van der Waals surface area (Å²) in [5.41, 5.74) is 6.69. The number of halogens is 2. The number of ether oxygens (including phenoxy) is 2. The van der Waals surface area contributed by atoms with Crippen molar-refractivity contribution < 1.29 is 23.4 Å². The minimum absolute atomic E-state index is 0.0848. The molecular weight excluding hydrogens is 306 g/mol. The fourth-order valence-corrected chi connectivity index (χ4v) is 2.24. The Balaban J connectivity index is 2.20. The van der Waals surface area contributed by atoms with E-state index in [1.165, 1.54) is 37.6 Å². The van der Waals surface area contributed by atoms with Crippen LogP contribution in [-0.4, -0.2) is 29.6 Å². The summed E-state index contributed by atoms with van der Waals surface area (Å²) in [5.74, 6) is -2.91. The van der Waals surface area contributed by atoms with E-state index in [1.54, 1.807) is 0 Å². The summed E-state index contributed by atoms with van der Waals surface area (Å²) in [5, 5.41) is 10.0. The number of benzene rings is 1. The van der Waals surface area contributed by atoms with Crippen molar-refractivity contribution in [1.82, 2.24) is 4.98 Å². The van der Waals surface area contributed by atoms with Gasteiger partial charge in [0, 0.05) is 23.0 Å². The number of anilines is 1. The topological polar surface area (TPSA) is 80.9 Å². The van der Waals surface area contributed by atoms with E-state index in [4.69, 9.17) is 15.2 Å². The Kier molecular flexibility index (Phi) is 3.75. The van der Waals surface area contributed by atoms with Gasteiger partial charge in [0.25, 0.3) is 5.88 Å². The van der Waals surface area contributed by atoms with Crippen LogP contribution in [0.2, 0.25) is 0 Å². The number of aromatic nitrogens is 1. The van der Waals surface area contributed by atoms with E-state index in [9.17, 15) is 13.9 Å². The molecule has 1 aliphatic heterocycles. The summed E-state index contributed by atoms with van der Waals surface area (Å²) in [6.07, 6.45) is 2.71. The Morgan fingerprint density at radius 3 is 2.74 bits per heavy atom. The minimum atomic E-state index is -1.49. The summed E-state index contributed by atoms with van der Waals surface area (Å²) >= 11 is 0. The van der Waals surface area contributed by atoms with Crippen LogP contribution in [0.4, 0.5) is 14.5 Å². The van der Waals surface area contributed by atoms with Crippen molar-refractivity contribution in [1.29, 1.82) is 0 Å². The lowest BCUT2D eigenvalue weighted by Crippen LogP contribution is -2.08. The van der Waals surface area contributed by atoms with Crippen LogP contribution in [0.1, 0.15) is 11.1 Å². The Morgan fingerprint density at radius 2 is 2.13 bits per heavy atom. The predicted octanol–water partition coefficient (Wildman–Crippen LogP) is 2.10. The molecule has 23 heavy (non-hydrogen) atoms. The van der Waals surface area contributed by atoms with Gasteiger partial charge in [0.1, 0.15) is 12.4 Å². The first kappa shape index (κ1) is 15.4. The van der Waals surface area contributed by atoms with Crippen molar-refractivity contribution in [2.24, 2.45) is 0 Å². The quantitative estimate of drug-likeness (QED) is 0.666. The number of rotatable bonds is 4. The summed E-state index contributed by atoms with van der Waals surface area (Å²) in [4.78, 5) is 3.77. The van der Waals surface area contributed by atoms with E-state index in [0.717, 1.165) is 6.07 Å². The Hall–Kier alpha value is -2.51. The SMILES string of the molecule is COc1nccc(/C(=C\C2(O)CO2)c2ccc(F)cc2N)c1F. The van der Waals surface area contributed by atoms with E-state index in [2.05, 4.69) is 4.98 Å². The maximum absolute atomic E-state index is 14.5. The first-order valence-electron chi connectivity index (χ1n) is 6.77. The summed E-state index contributed by atoms with van der Waals surface area (Å²) < 4.78 is 37.6. The second-order valence-corrected chi connectivity index (χ2v) is 5.10. The number of methoxy groups -OCH3 is 1. The fraction of sp³-hybridized carbons (Fsp3) is 0.188. The van der Waals surface area contributed by atoms with Gasteiger partial charge in [-0.15, -0.1) is 0 Å². The summed E-state index contributed by atoms with van der Waals surface area (Å²) in [6, 6.07) is 5.15. The molecule has 1 aromatic carbocycles. The van der Waals surface area contributed by atoms with Crippen molar-refractivity contribution in [3.05, 3.63) is 59.3 Å². The number of pyridine rings is 1. The third kappa shape index (κ3) is 3.01. The van der Waals surface area contributed by atoms with Gasteiger partial charge in [-0.1, -0.05) is 0 Å². The van der Waals surface area contributed by atoms with Crippen LogP contribution in [0, 0.1) is 11.6 Å². The van der Waals surface area contributed by atoms with Crippen molar-refractivity contribution in [3.63, 3.8) is 0 Å². The predicted molar refractivity (Wildman–Crippen MR) is 79.5 cm³/mol. The Labute approximate surface area is 131 Å². The molecule has 0 amide bonds. The van der Waals surface area contributed by atoms with Crippen molar-refractivity contribution in [2.45, 2.75) is 5.79 Å². The molecule has 1 fully saturated rings. The lowest BCUT2D eigenvalue weighted by atomic mass is 9.95. The van der Waals surface area contributed by atoms with Crippen LogP contribution >= 0.6 is 0 Å². The number of epoxide rings is 1. The highest BCUT2D eigenvalue weighted by Gasteiger charge is 2.41. The average Bonchev–Trinajstić information content (AvgIpc) is 3.24. The third-order valence-electron chi connectivity index (χ3n) is 3.45. The molecular formula is C16H14F2N2O3. The summed E-state index contributed by atoms with van der Waals surface area (Å²) in [6.45, 7) is 0.0848. The number of nitrogens with zero attached hydrogens (tertiary/aromatic N) is 1. The molecule has 0 spiro atoms. The van der Waals surface area contributed by atoms with Crippen LogP contribution in [-0.2, 0) is 4.74 Å². The van der Waals surface area contributed by atoms with E-state index >= 15 is 0 Å². The van der Waals surface area contributed by atoms with Crippen molar-refractivity contribution in [2.75, 3.05) is 19.5 Å². The fourth-order valence-electron chi connectivity index (χ4n) is 2.24. The normalized spacial score (nSPS) is 20.4. The zero-order valence-corrected chi connectivity index (χ0v) is 12.2. The highest BCUT2D eigenvalue weighted by Crippen LogP contribution is 2.37. The number of nitrogens with two attached hydrogens (primary N) is 1. The average molecular weight is 320 g/mol. The van der Waals surface area contributed by atoms with Gasteiger partial charge in [0.05, 0.1) is 7.11 Å². The van der Waals surface area contributed by atoms with Gasteiger partial charge in [-0.2, -0.15) is 0 Å². The van der Waals surface area contributed by atoms with Crippen LogP contribution in [0.25, 0.3) is 5.57 Å². The molecule has 120 valence electrons. The molecule has 3 rings (SSSR count). The van der Waals surface area contributed by atoms with Gasteiger partial charge in [0.2, 0.25) is 5.79 Å². The van der Waals surface area contributed by atoms with Crippen LogP contribution in [0.3, 0.4) is 0 Å². The minimum Gasteiger partial charge on any atom is -0.479 e. The summed E-state index contributed by atoms with van der Waals surface area (Å²) in [7, 11) is 1.29. The highest BCUT2D eigenvalue weighted by atomic mass is 19.1. The Morgan fingerprint density at radius 1 is 1.39 bits per heavy atom. The van der Waals surface area contributed by atoms with Crippen LogP contribution in [0.15, 0.2) is 36.5 Å². The lowest BCUT2D eigenvalue weighted by Gasteiger charge is -2.14. The monoisotopic (exact) mass is 320 g/mol. The smallest absolute Gasteiger partial charge is 0.250 e. The second-order valence-electron chi connectivity index (χ2n) is 5.10. The first-order chi connectivity index (χ1) is 10.9. The van der Waals surface area contributed by atoms with E-state index in [1.807, 2.05) is 0 Å². The first-order valence-corrected chi connectivity index (χ1v) is 6.77. The van der Waals surface area contributed by atoms with E-state index in [0.29, 0.717) is 5.56 Å². The molecule has 1 aliphatic rings. The molecule has 5 nitrogen and oxygen atoms in total. The maximum atomic E-state index is 14.5. The maximum Gasteiger partial charge on any atom is 0.250 e. The molecule has 1 saturated heterocycles. The zero-order chi connectivity index (χ0) is 16.6. The highest BCUT2D eigenvalue weighted by molar-refractivity contribution is 5.86. The third-order valence-corrected chi connectivity index (χ3v) is 3.45. The van der Waals surface area contributed by atoms with Gasteiger partial charge in [-0.05, 0) is 35.9 Å². The van der Waals surface area contributed by atoms with Gasteiger partial charge in [0.15, 0.2) is 5.82 Å². The molecule has 1 atom stereocenters. The molecule has 0 radical (unpaired) electrons. The molecule has 1 aromatic heterocycles. The van der Waals surface area contributed by atoms with Crippen molar-refractivity contribution in [3.8, 4) is 5.88 Å². The van der Waals surface area contributed by atoms with Gasteiger partial charge >= 0.3 is 0 Å². The molecule has 2 heterocycles. The molecule has 7 heteroatoms. The van der Waals surface area contributed by atoms with Gasteiger partial charge in [-0.25, -0.2) is 13.8 Å². The molecule has 2 aromatic rings. The largest absolute Gasteiger partial charge is 0.479 e. The van der Waals surface area contributed by atoms with Crippen molar-refractivity contribution >= 4 is 11.3 Å². The lowest BCUT2D eigenvalue weighted by molar-refractivity contribution is 0.0830. The standard InChI is InChI=1S/C16H14F2N2O3/c1-22-15-14(18)11(4-5-20-15)12(7-16(21)8-23-16)10-3-2-9(17)6-13(10)19/h2-7,21H,8,19H2,1H3/b12-7-. The molecule has 0 bridgehead atoms. The number of hydrogen-bond donors (Lipinski definition) is 2. The molecule has 0 saturated carbocycles. The molecule has 0 aliphatic carbocycles. The second kappa shape index (κ2) is 5.60. The molecule has 3 N–H and O–H groups in total. The Bertz CT molecular complexity index is 789. The van der Waals surface area contributed by atoms with E-state index < -0.39 is 17.4 Å². The van der Waals surface area contributed by atoms with Gasteiger partial charge in [-0.3, -0.25) is 0 Å².